The highest BCUT2D eigenvalue weighted by Gasteiger charge is 2.07. The van der Waals surface area contributed by atoms with Crippen molar-refractivity contribution in [3.05, 3.63) is 77.9 Å². The van der Waals surface area contributed by atoms with Crippen molar-refractivity contribution < 1.29 is 4.39 Å². The van der Waals surface area contributed by atoms with Crippen molar-refractivity contribution in [1.29, 1.82) is 0 Å². The second-order valence-corrected chi connectivity index (χ2v) is 5.18. The standard InChI is InChI=1S/C18H13FN2/c19-15-6-3-7-16-18(15)21-17(20-16)11-12-8-9-13-4-1-2-5-14(13)10-12/h1-10H,11H2,(H,20,21). The molecule has 0 aliphatic carbocycles. The van der Waals surface area contributed by atoms with Crippen molar-refractivity contribution in [2.24, 2.45) is 0 Å². The molecule has 102 valence electrons. The highest BCUT2D eigenvalue weighted by atomic mass is 19.1. The van der Waals surface area contributed by atoms with Gasteiger partial charge in [0, 0.05) is 6.42 Å². The first-order valence-electron chi connectivity index (χ1n) is 6.90. The molecule has 0 saturated heterocycles. The summed E-state index contributed by atoms with van der Waals surface area (Å²) in [6.45, 7) is 0. The van der Waals surface area contributed by atoms with Gasteiger partial charge in [0.05, 0.1) is 5.52 Å². The predicted molar refractivity (Wildman–Crippen MR) is 82.8 cm³/mol. The van der Waals surface area contributed by atoms with Crippen LogP contribution in [0.25, 0.3) is 21.8 Å². The number of H-pyrrole nitrogens is 1. The number of nitrogens with one attached hydrogen (secondary N) is 1. The first-order valence-corrected chi connectivity index (χ1v) is 6.90. The van der Waals surface area contributed by atoms with Crippen LogP contribution in [-0.2, 0) is 6.42 Å². The zero-order valence-corrected chi connectivity index (χ0v) is 11.3. The van der Waals surface area contributed by atoms with E-state index in [9.17, 15) is 4.39 Å². The number of fused-ring (bicyclic) bond motifs is 2. The van der Waals surface area contributed by atoms with Crippen LogP contribution in [0.15, 0.2) is 60.7 Å². The molecular formula is C18H13FN2. The molecule has 4 aromatic rings. The van der Waals surface area contributed by atoms with E-state index in [4.69, 9.17) is 0 Å². The van der Waals surface area contributed by atoms with Gasteiger partial charge in [-0.25, -0.2) is 9.37 Å². The van der Waals surface area contributed by atoms with Gasteiger partial charge in [-0.1, -0.05) is 48.5 Å². The molecular weight excluding hydrogens is 263 g/mol. The lowest BCUT2D eigenvalue weighted by atomic mass is 10.1. The lowest BCUT2D eigenvalue weighted by Crippen LogP contribution is -1.90. The van der Waals surface area contributed by atoms with E-state index in [0.717, 1.165) is 16.9 Å². The monoisotopic (exact) mass is 276 g/mol. The number of benzene rings is 3. The minimum absolute atomic E-state index is 0.284. The molecule has 0 amide bonds. The van der Waals surface area contributed by atoms with Gasteiger partial charge in [-0.05, 0) is 28.5 Å². The number of rotatable bonds is 2. The fourth-order valence-corrected chi connectivity index (χ4v) is 2.67. The molecule has 1 N–H and O–H groups in total. The summed E-state index contributed by atoms with van der Waals surface area (Å²) < 4.78 is 13.7. The Morgan fingerprint density at radius 3 is 2.62 bits per heavy atom. The van der Waals surface area contributed by atoms with E-state index >= 15 is 0 Å². The van der Waals surface area contributed by atoms with Crippen LogP contribution >= 0.6 is 0 Å². The molecule has 0 aliphatic rings. The van der Waals surface area contributed by atoms with Crippen LogP contribution < -0.4 is 0 Å². The molecule has 3 aromatic carbocycles. The molecule has 0 fully saturated rings. The maximum absolute atomic E-state index is 13.7. The number of imidazole rings is 1. The lowest BCUT2D eigenvalue weighted by molar-refractivity contribution is 0.637. The van der Waals surface area contributed by atoms with Gasteiger partial charge in [0.1, 0.15) is 11.3 Å². The topological polar surface area (TPSA) is 28.7 Å². The summed E-state index contributed by atoms with van der Waals surface area (Å²) in [5, 5.41) is 2.43. The quantitative estimate of drug-likeness (QED) is 0.576. The summed E-state index contributed by atoms with van der Waals surface area (Å²) in [4.78, 5) is 7.54. The van der Waals surface area contributed by atoms with Crippen LogP contribution in [0.2, 0.25) is 0 Å². The molecule has 0 unspecified atom stereocenters. The van der Waals surface area contributed by atoms with Crippen molar-refractivity contribution >= 4 is 21.8 Å². The highest BCUT2D eigenvalue weighted by Crippen LogP contribution is 2.19. The van der Waals surface area contributed by atoms with E-state index in [0.29, 0.717) is 11.9 Å². The third-order valence-electron chi connectivity index (χ3n) is 3.70. The van der Waals surface area contributed by atoms with E-state index in [1.165, 1.54) is 16.8 Å². The van der Waals surface area contributed by atoms with E-state index in [1.807, 2.05) is 18.2 Å². The van der Waals surface area contributed by atoms with Crippen molar-refractivity contribution in [3.8, 4) is 0 Å². The summed E-state index contributed by atoms with van der Waals surface area (Å²) in [6, 6.07) is 19.6. The zero-order chi connectivity index (χ0) is 14.2. The second kappa shape index (κ2) is 4.70. The normalized spacial score (nSPS) is 11.3. The molecule has 3 heteroatoms. The fraction of sp³-hybridized carbons (Fsp3) is 0.0556. The van der Waals surface area contributed by atoms with Crippen molar-refractivity contribution in [2.75, 3.05) is 0 Å². The summed E-state index contributed by atoms with van der Waals surface area (Å²) in [6.07, 6.45) is 0.666. The van der Waals surface area contributed by atoms with Crippen LogP contribution in [0.3, 0.4) is 0 Å². The number of halogens is 1. The van der Waals surface area contributed by atoms with Gasteiger partial charge >= 0.3 is 0 Å². The van der Waals surface area contributed by atoms with Crippen LogP contribution in [0.4, 0.5) is 4.39 Å². The van der Waals surface area contributed by atoms with Crippen molar-refractivity contribution in [2.45, 2.75) is 6.42 Å². The van der Waals surface area contributed by atoms with Gasteiger partial charge in [-0.3, -0.25) is 0 Å². The predicted octanol–water partition coefficient (Wildman–Crippen LogP) is 4.45. The molecule has 0 saturated carbocycles. The van der Waals surface area contributed by atoms with Crippen LogP contribution in [0, 0.1) is 5.82 Å². The third kappa shape index (κ3) is 2.17. The molecule has 2 nitrogen and oxygen atoms in total. The largest absolute Gasteiger partial charge is 0.342 e. The number of hydrogen-bond donors (Lipinski definition) is 1. The number of hydrogen-bond acceptors (Lipinski definition) is 1. The van der Waals surface area contributed by atoms with Crippen LogP contribution in [-0.4, -0.2) is 9.97 Å². The molecule has 0 bridgehead atoms. The number of para-hydroxylation sites is 1. The van der Waals surface area contributed by atoms with E-state index in [1.54, 1.807) is 6.07 Å². The molecule has 0 radical (unpaired) electrons. The Kier molecular flexibility index (Phi) is 2.71. The average Bonchev–Trinajstić information content (AvgIpc) is 2.91. The second-order valence-electron chi connectivity index (χ2n) is 5.18. The summed E-state index contributed by atoms with van der Waals surface area (Å²) in [5.74, 6) is 0.499. The molecule has 1 aromatic heterocycles. The highest BCUT2D eigenvalue weighted by molar-refractivity contribution is 5.83. The Morgan fingerprint density at radius 2 is 1.76 bits per heavy atom. The smallest absolute Gasteiger partial charge is 0.151 e. The average molecular weight is 276 g/mol. The van der Waals surface area contributed by atoms with Crippen LogP contribution in [0.5, 0.6) is 0 Å². The Balaban J connectivity index is 1.73. The lowest BCUT2D eigenvalue weighted by Gasteiger charge is -2.01. The third-order valence-corrected chi connectivity index (χ3v) is 3.70. The van der Waals surface area contributed by atoms with Gasteiger partial charge in [0.25, 0.3) is 0 Å². The van der Waals surface area contributed by atoms with Crippen molar-refractivity contribution in [1.82, 2.24) is 9.97 Å². The minimum Gasteiger partial charge on any atom is -0.342 e. The fourth-order valence-electron chi connectivity index (χ4n) is 2.67. The minimum atomic E-state index is -0.284. The van der Waals surface area contributed by atoms with Gasteiger partial charge in [-0.2, -0.15) is 0 Å². The molecule has 4 rings (SSSR count). The summed E-state index contributed by atoms with van der Waals surface area (Å²) in [7, 11) is 0. The SMILES string of the molecule is Fc1cccc2[nH]c(Cc3ccc4ccccc4c3)nc12. The zero-order valence-electron chi connectivity index (χ0n) is 11.3. The maximum atomic E-state index is 13.7. The number of aromatic amines is 1. The molecule has 0 spiro atoms. The molecule has 0 aliphatic heterocycles. The van der Waals surface area contributed by atoms with Crippen molar-refractivity contribution in [3.63, 3.8) is 0 Å². The van der Waals surface area contributed by atoms with E-state index in [-0.39, 0.29) is 5.82 Å². The molecule has 0 atom stereocenters. The van der Waals surface area contributed by atoms with E-state index in [2.05, 4.69) is 40.3 Å². The first kappa shape index (κ1) is 12.1. The Labute approximate surface area is 121 Å². The van der Waals surface area contributed by atoms with Gasteiger partial charge in [0.15, 0.2) is 5.82 Å². The summed E-state index contributed by atoms with van der Waals surface area (Å²) >= 11 is 0. The summed E-state index contributed by atoms with van der Waals surface area (Å²) in [5.41, 5.74) is 2.31. The first-order chi connectivity index (χ1) is 10.3. The van der Waals surface area contributed by atoms with Gasteiger partial charge < -0.3 is 4.98 Å². The number of aromatic nitrogens is 2. The molecule has 21 heavy (non-hydrogen) atoms. The van der Waals surface area contributed by atoms with Crippen LogP contribution in [0.1, 0.15) is 11.4 Å². The Morgan fingerprint density at radius 1 is 0.905 bits per heavy atom. The number of nitrogens with zero attached hydrogens (tertiary/aromatic N) is 1. The van der Waals surface area contributed by atoms with Gasteiger partial charge in [-0.15, -0.1) is 0 Å². The maximum Gasteiger partial charge on any atom is 0.151 e. The molecule has 1 heterocycles. The van der Waals surface area contributed by atoms with Gasteiger partial charge in [0.2, 0.25) is 0 Å². The van der Waals surface area contributed by atoms with E-state index < -0.39 is 0 Å². The Bertz CT molecular complexity index is 940. The Hall–Kier alpha value is -2.68.